The monoisotopic (exact) mass is 273 g/mol. The first kappa shape index (κ1) is 13.2. The number of carbonyl (C=O) groups is 2. The molecule has 1 aliphatic heterocycles. The van der Waals surface area contributed by atoms with E-state index in [0.29, 0.717) is 12.8 Å². The minimum atomic E-state index is -0.760. The molecule has 0 saturated heterocycles. The van der Waals surface area contributed by atoms with Crippen molar-refractivity contribution in [1.29, 1.82) is 0 Å². The maximum atomic E-state index is 12.7. The lowest BCUT2D eigenvalue weighted by Gasteiger charge is -2.29. The number of carboxylic acids is 1. The van der Waals surface area contributed by atoms with Crippen molar-refractivity contribution in [2.75, 3.05) is 11.4 Å². The fourth-order valence-corrected chi connectivity index (χ4v) is 3.43. The van der Waals surface area contributed by atoms with Crippen LogP contribution in [0.15, 0.2) is 24.3 Å². The zero-order valence-electron chi connectivity index (χ0n) is 11.4. The van der Waals surface area contributed by atoms with E-state index in [2.05, 4.69) is 6.07 Å². The SMILES string of the molecule is O=C(O)[C@@H]1CCC[C@@H](C(=O)N2CCc3ccccc32)C1. The summed E-state index contributed by atoms with van der Waals surface area (Å²) >= 11 is 0. The van der Waals surface area contributed by atoms with Crippen molar-refractivity contribution in [2.24, 2.45) is 11.8 Å². The standard InChI is InChI=1S/C16H19NO3/c18-15(12-5-3-6-13(10-12)16(19)20)17-9-8-11-4-1-2-7-14(11)17/h1-2,4,7,12-13H,3,5-6,8-10H2,(H,19,20)/t12-,13-/m1/s1. The van der Waals surface area contributed by atoms with Gasteiger partial charge in [-0.3, -0.25) is 9.59 Å². The molecule has 1 saturated carbocycles. The lowest BCUT2D eigenvalue weighted by molar-refractivity contribution is -0.143. The van der Waals surface area contributed by atoms with Crippen molar-refractivity contribution in [3.63, 3.8) is 0 Å². The molecule has 1 aromatic rings. The van der Waals surface area contributed by atoms with Crippen LogP contribution < -0.4 is 4.90 Å². The highest BCUT2D eigenvalue weighted by Gasteiger charge is 2.35. The van der Waals surface area contributed by atoms with E-state index in [1.54, 1.807) is 0 Å². The Balaban J connectivity index is 1.75. The van der Waals surface area contributed by atoms with Crippen molar-refractivity contribution >= 4 is 17.6 Å². The topological polar surface area (TPSA) is 57.6 Å². The molecule has 4 nitrogen and oxygen atoms in total. The Kier molecular flexibility index (Phi) is 3.47. The Morgan fingerprint density at radius 1 is 1.15 bits per heavy atom. The number of rotatable bonds is 2. The van der Waals surface area contributed by atoms with Gasteiger partial charge in [0, 0.05) is 18.2 Å². The molecule has 0 aromatic heterocycles. The van der Waals surface area contributed by atoms with Crippen molar-refractivity contribution in [1.82, 2.24) is 0 Å². The van der Waals surface area contributed by atoms with Crippen LogP contribution in [0.1, 0.15) is 31.2 Å². The van der Waals surface area contributed by atoms with Crippen molar-refractivity contribution in [2.45, 2.75) is 32.1 Å². The quantitative estimate of drug-likeness (QED) is 0.900. The normalized spacial score (nSPS) is 25.3. The van der Waals surface area contributed by atoms with Crippen LogP contribution in [0.25, 0.3) is 0 Å². The Hall–Kier alpha value is -1.84. The van der Waals surface area contributed by atoms with Gasteiger partial charge < -0.3 is 10.0 Å². The second-order valence-electron chi connectivity index (χ2n) is 5.77. The van der Waals surface area contributed by atoms with Gasteiger partial charge in [0.05, 0.1) is 5.92 Å². The molecule has 1 amide bonds. The van der Waals surface area contributed by atoms with E-state index in [1.165, 1.54) is 5.56 Å². The molecule has 0 unspecified atom stereocenters. The number of hydrogen-bond acceptors (Lipinski definition) is 2. The molecule has 20 heavy (non-hydrogen) atoms. The van der Waals surface area contributed by atoms with Gasteiger partial charge in [-0.2, -0.15) is 0 Å². The first-order valence-electron chi connectivity index (χ1n) is 7.29. The van der Waals surface area contributed by atoms with Gasteiger partial charge in [-0.25, -0.2) is 0 Å². The number of benzene rings is 1. The van der Waals surface area contributed by atoms with Crippen LogP contribution in [0.2, 0.25) is 0 Å². The summed E-state index contributed by atoms with van der Waals surface area (Å²) in [4.78, 5) is 25.6. The summed E-state index contributed by atoms with van der Waals surface area (Å²) in [7, 11) is 0. The molecule has 1 aromatic carbocycles. The third-order valence-corrected chi connectivity index (χ3v) is 4.53. The van der Waals surface area contributed by atoms with Gasteiger partial charge in [-0.15, -0.1) is 0 Å². The Morgan fingerprint density at radius 3 is 2.70 bits per heavy atom. The second kappa shape index (κ2) is 5.27. The van der Waals surface area contributed by atoms with Crippen LogP contribution in [-0.2, 0) is 16.0 Å². The first-order chi connectivity index (χ1) is 9.66. The number of para-hydroxylation sites is 1. The van der Waals surface area contributed by atoms with Gasteiger partial charge in [0.2, 0.25) is 5.91 Å². The number of amides is 1. The molecule has 106 valence electrons. The Bertz CT molecular complexity index is 540. The first-order valence-corrected chi connectivity index (χ1v) is 7.29. The molecule has 0 spiro atoms. The molecular formula is C16H19NO3. The summed E-state index contributed by atoms with van der Waals surface area (Å²) in [5.74, 6) is -1.13. The van der Waals surface area contributed by atoms with Crippen LogP contribution in [0.4, 0.5) is 5.69 Å². The van der Waals surface area contributed by atoms with Crippen LogP contribution >= 0.6 is 0 Å². The van der Waals surface area contributed by atoms with Crippen molar-refractivity contribution < 1.29 is 14.7 Å². The van der Waals surface area contributed by atoms with Crippen LogP contribution in [0.5, 0.6) is 0 Å². The van der Waals surface area contributed by atoms with Crippen LogP contribution in [0.3, 0.4) is 0 Å². The number of anilines is 1. The molecule has 3 rings (SSSR count). The van der Waals surface area contributed by atoms with Gasteiger partial charge in [0.15, 0.2) is 0 Å². The number of fused-ring (bicyclic) bond motifs is 1. The molecular weight excluding hydrogens is 254 g/mol. The van der Waals surface area contributed by atoms with Gasteiger partial charge in [0.1, 0.15) is 0 Å². The highest BCUT2D eigenvalue weighted by atomic mass is 16.4. The Labute approximate surface area is 118 Å². The summed E-state index contributed by atoms with van der Waals surface area (Å²) < 4.78 is 0. The van der Waals surface area contributed by atoms with Crippen molar-refractivity contribution in [3.8, 4) is 0 Å². The zero-order valence-corrected chi connectivity index (χ0v) is 11.4. The highest BCUT2D eigenvalue weighted by Crippen LogP contribution is 2.34. The van der Waals surface area contributed by atoms with Gasteiger partial charge in [-0.1, -0.05) is 24.6 Å². The van der Waals surface area contributed by atoms with Gasteiger partial charge in [-0.05, 0) is 37.3 Å². The number of carbonyl (C=O) groups excluding carboxylic acids is 1. The second-order valence-corrected chi connectivity index (χ2v) is 5.77. The summed E-state index contributed by atoms with van der Waals surface area (Å²) in [5.41, 5.74) is 2.22. The summed E-state index contributed by atoms with van der Waals surface area (Å²) in [6.07, 6.45) is 3.75. The highest BCUT2D eigenvalue weighted by molar-refractivity contribution is 5.97. The van der Waals surface area contributed by atoms with Crippen LogP contribution in [-0.4, -0.2) is 23.5 Å². The average molecular weight is 273 g/mol. The predicted molar refractivity (Wildman–Crippen MR) is 75.6 cm³/mol. The third kappa shape index (κ3) is 2.30. The summed E-state index contributed by atoms with van der Waals surface area (Å²) in [6.45, 7) is 0.729. The lowest BCUT2D eigenvalue weighted by atomic mass is 9.80. The molecule has 2 atom stereocenters. The minimum Gasteiger partial charge on any atom is -0.481 e. The lowest BCUT2D eigenvalue weighted by Crippen LogP contribution is -2.38. The van der Waals surface area contributed by atoms with E-state index in [4.69, 9.17) is 5.11 Å². The number of carboxylic acid groups (broad SMARTS) is 1. The molecule has 1 fully saturated rings. The predicted octanol–water partition coefficient (Wildman–Crippen LogP) is 2.47. The van der Waals surface area contributed by atoms with E-state index in [9.17, 15) is 9.59 Å². The van der Waals surface area contributed by atoms with Gasteiger partial charge >= 0.3 is 5.97 Å². The van der Waals surface area contributed by atoms with Crippen molar-refractivity contribution in [3.05, 3.63) is 29.8 Å². The van der Waals surface area contributed by atoms with E-state index < -0.39 is 5.97 Å². The minimum absolute atomic E-state index is 0.112. The maximum absolute atomic E-state index is 12.7. The van der Waals surface area contributed by atoms with E-state index in [0.717, 1.165) is 31.5 Å². The van der Waals surface area contributed by atoms with E-state index in [1.807, 2.05) is 23.1 Å². The summed E-state index contributed by atoms with van der Waals surface area (Å²) in [5, 5.41) is 9.14. The molecule has 2 aliphatic rings. The molecule has 1 heterocycles. The number of hydrogen-bond donors (Lipinski definition) is 1. The molecule has 1 aliphatic carbocycles. The number of nitrogens with zero attached hydrogens (tertiary/aromatic N) is 1. The summed E-state index contributed by atoms with van der Waals surface area (Å²) in [6, 6.07) is 7.99. The average Bonchev–Trinajstić information content (AvgIpc) is 2.90. The fourth-order valence-electron chi connectivity index (χ4n) is 3.43. The molecule has 1 N–H and O–H groups in total. The number of aliphatic carboxylic acids is 1. The van der Waals surface area contributed by atoms with Crippen LogP contribution in [0, 0.1) is 11.8 Å². The van der Waals surface area contributed by atoms with E-state index in [-0.39, 0.29) is 17.7 Å². The fraction of sp³-hybridized carbons (Fsp3) is 0.500. The zero-order chi connectivity index (χ0) is 14.1. The molecule has 4 heteroatoms. The van der Waals surface area contributed by atoms with E-state index >= 15 is 0 Å². The molecule has 0 bridgehead atoms. The largest absolute Gasteiger partial charge is 0.481 e. The Morgan fingerprint density at radius 2 is 1.90 bits per heavy atom. The molecule has 0 radical (unpaired) electrons. The smallest absolute Gasteiger partial charge is 0.306 e. The maximum Gasteiger partial charge on any atom is 0.306 e. The third-order valence-electron chi connectivity index (χ3n) is 4.53. The van der Waals surface area contributed by atoms with Gasteiger partial charge in [0.25, 0.3) is 0 Å².